The molecule has 0 aromatic carbocycles. The fraction of sp³-hybridized carbons (Fsp3) is 0.950. The third kappa shape index (κ3) is 7.61. The summed E-state index contributed by atoms with van der Waals surface area (Å²) >= 11 is 0. The summed E-state index contributed by atoms with van der Waals surface area (Å²) in [5, 5.41) is 3.41. The lowest BCUT2D eigenvalue weighted by Crippen LogP contribution is -2.51. The van der Waals surface area contributed by atoms with Crippen LogP contribution in [0.25, 0.3) is 0 Å². The van der Waals surface area contributed by atoms with Crippen molar-refractivity contribution in [2.24, 2.45) is 4.99 Å². The van der Waals surface area contributed by atoms with Gasteiger partial charge in [-0.1, -0.05) is 0 Å². The number of rotatable bonds is 6. The Hall–Kier alpha value is -1.06. The number of hydrogen-bond acceptors (Lipinski definition) is 4. The summed E-state index contributed by atoms with van der Waals surface area (Å²) in [5.41, 5.74) is 0. The highest BCUT2D eigenvalue weighted by Crippen LogP contribution is 2.21. The number of guanidine groups is 1. The van der Waals surface area contributed by atoms with Crippen LogP contribution < -0.4 is 5.32 Å². The molecule has 1 N–H and O–H groups in total. The van der Waals surface area contributed by atoms with Gasteiger partial charge in [-0.15, -0.1) is 0 Å². The Kier molecular flexibility index (Phi) is 8.44. The molecule has 0 amide bonds. The second-order valence-electron chi connectivity index (χ2n) is 8.29. The van der Waals surface area contributed by atoms with E-state index in [1.54, 1.807) is 0 Å². The van der Waals surface area contributed by atoms with Crippen molar-refractivity contribution in [3.05, 3.63) is 0 Å². The third-order valence-electron chi connectivity index (χ3n) is 5.85. The molecule has 2 unspecified atom stereocenters. The number of nitrogens with one attached hydrogen (secondary N) is 1. The molecule has 3 saturated heterocycles. The van der Waals surface area contributed by atoms with Crippen molar-refractivity contribution in [2.45, 2.75) is 69.9 Å². The average Bonchev–Trinajstić information content (AvgIpc) is 3.12. The molecule has 29 heavy (non-hydrogen) atoms. The van der Waals surface area contributed by atoms with E-state index in [4.69, 9.17) is 9.47 Å². The largest absolute Gasteiger partial charge is 0.401 e. The van der Waals surface area contributed by atoms with Crippen LogP contribution in [0.4, 0.5) is 13.2 Å². The lowest BCUT2D eigenvalue weighted by molar-refractivity contribution is -0.143. The Morgan fingerprint density at radius 2 is 1.93 bits per heavy atom. The van der Waals surface area contributed by atoms with E-state index in [9.17, 15) is 13.2 Å². The maximum atomic E-state index is 12.6. The van der Waals surface area contributed by atoms with Crippen LogP contribution in [0, 0.1) is 0 Å². The van der Waals surface area contributed by atoms with E-state index in [2.05, 4.69) is 15.2 Å². The Bertz CT molecular complexity index is 518. The minimum Gasteiger partial charge on any atom is -0.376 e. The Balaban J connectivity index is 1.40. The zero-order valence-electron chi connectivity index (χ0n) is 17.4. The van der Waals surface area contributed by atoms with Crippen molar-refractivity contribution in [2.75, 3.05) is 52.5 Å². The summed E-state index contributed by atoms with van der Waals surface area (Å²) in [5.74, 6) is 0.820. The summed E-state index contributed by atoms with van der Waals surface area (Å²) in [6.07, 6.45) is 2.37. The molecule has 9 heteroatoms. The molecule has 168 valence electrons. The normalized spacial score (nSPS) is 28.1. The van der Waals surface area contributed by atoms with Crippen LogP contribution in [0.2, 0.25) is 0 Å². The van der Waals surface area contributed by atoms with Crippen LogP contribution in [-0.4, -0.2) is 92.7 Å². The second kappa shape index (κ2) is 10.8. The van der Waals surface area contributed by atoms with Crippen molar-refractivity contribution in [3.8, 4) is 0 Å². The van der Waals surface area contributed by atoms with Crippen molar-refractivity contribution in [1.82, 2.24) is 15.1 Å². The first-order valence-corrected chi connectivity index (χ1v) is 11.0. The minimum atomic E-state index is -4.14. The van der Waals surface area contributed by atoms with E-state index >= 15 is 0 Å². The van der Waals surface area contributed by atoms with Gasteiger partial charge in [0.1, 0.15) is 0 Å². The molecular weight excluding hydrogens is 385 g/mol. The molecular formula is C20H35F3N4O2. The number of hydrogen-bond donors (Lipinski definition) is 1. The van der Waals surface area contributed by atoms with E-state index < -0.39 is 12.7 Å². The van der Waals surface area contributed by atoms with Crippen molar-refractivity contribution in [1.29, 1.82) is 0 Å². The fourth-order valence-electron chi connectivity index (χ4n) is 4.33. The Labute approximate surface area is 171 Å². The highest BCUT2D eigenvalue weighted by molar-refractivity contribution is 5.80. The van der Waals surface area contributed by atoms with E-state index in [0.29, 0.717) is 32.7 Å². The number of aliphatic imine (C=N–C) groups is 1. The molecule has 0 spiro atoms. The molecule has 3 rings (SSSR count). The molecule has 0 bridgehead atoms. The standard InChI is InChI=1S/C20H35F3N4O2/c1-2-24-19(25-16-6-9-26(13-16)15-20(21,22)23)27-10-7-17(8-11-27)29-14-18-5-3-4-12-28-18/h16-18H,2-15H2,1H3,(H,24,25). The maximum Gasteiger partial charge on any atom is 0.401 e. The number of ether oxygens (including phenoxy) is 2. The average molecular weight is 421 g/mol. The highest BCUT2D eigenvalue weighted by Gasteiger charge is 2.35. The van der Waals surface area contributed by atoms with Gasteiger partial charge in [0.05, 0.1) is 25.4 Å². The second-order valence-corrected chi connectivity index (χ2v) is 8.29. The number of nitrogens with zero attached hydrogens (tertiary/aromatic N) is 3. The summed E-state index contributed by atoms with van der Waals surface area (Å²) in [6, 6.07) is 0.0140. The zero-order valence-corrected chi connectivity index (χ0v) is 17.4. The molecule has 0 radical (unpaired) electrons. The van der Waals surface area contributed by atoms with Gasteiger partial charge >= 0.3 is 6.18 Å². The molecule has 0 aromatic rings. The van der Waals surface area contributed by atoms with Gasteiger partial charge in [0.25, 0.3) is 0 Å². The van der Waals surface area contributed by atoms with Crippen LogP contribution in [0.15, 0.2) is 4.99 Å². The van der Waals surface area contributed by atoms with Crippen LogP contribution in [0.1, 0.15) is 45.4 Å². The minimum absolute atomic E-state index is 0.0140. The predicted octanol–water partition coefficient (Wildman–Crippen LogP) is 2.64. The van der Waals surface area contributed by atoms with Gasteiger partial charge in [0.2, 0.25) is 0 Å². The topological polar surface area (TPSA) is 49.3 Å². The van der Waals surface area contributed by atoms with Crippen LogP contribution in [0.5, 0.6) is 0 Å². The summed E-state index contributed by atoms with van der Waals surface area (Å²) in [4.78, 5) is 8.27. The molecule has 6 nitrogen and oxygen atoms in total. The quantitative estimate of drug-likeness (QED) is 0.529. The van der Waals surface area contributed by atoms with Gasteiger partial charge in [-0.3, -0.25) is 9.89 Å². The number of alkyl halides is 3. The van der Waals surface area contributed by atoms with Gasteiger partial charge in [-0.2, -0.15) is 13.2 Å². The number of halogens is 3. The third-order valence-corrected chi connectivity index (χ3v) is 5.85. The number of likely N-dealkylation sites (tertiary alicyclic amines) is 2. The van der Waals surface area contributed by atoms with Gasteiger partial charge in [-0.25, -0.2) is 0 Å². The molecule has 3 fully saturated rings. The van der Waals surface area contributed by atoms with Crippen molar-refractivity contribution >= 4 is 5.96 Å². The van der Waals surface area contributed by atoms with Gasteiger partial charge in [0.15, 0.2) is 5.96 Å². The molecule has 3 aliphatic rings. The molecule has 3 aliphatic heterocycles. The molecule has 0 aromatic heterocycles. The lowest BCUT2D eigenvalue weighted by Gasteiger charge is -2.36. The van der Waals surface area contributed by atoms with E-state index in [0.717, 1.165) is 51.3 Å². The van der Waals surface area contributed by atoms with E-state index in [1.165, 1.54) is 11.3 Å². The predicted molar refractivity (Wildman–Crippen MR) is 106 cm³/mol. The first-order chi connectivity index (χ1) is 13.9. The van der Waals surface area contributed by atoms with Gasteiger partial charge in [0, 0.05) is 45.4 Å². The Morgan fingerprint density at radius 3 is 2.59 bits per heavy atom. The first-order valence-electron chi connectivity index (χ1n) is 11.0. The molecule has 2 atom stereocenters. The van der Waals surface area contributed by atoms with Gasteiger partial charge < -0.3 is 19.7 Å². The summed E-state index contributed by atoms with van der Waals surface area (Å²) < 4.78 is 49.7. The van der Waals surface area contributed by atoms with Crippen molar-refractivity contribution < 1.29 is 22.6 Å². The van der Waals surface area contributed by atoms with E-state index in [-0.39, 0.29) is 18.2 Å². The van der Waals surface area contributed by atoms with E-state index in [1.807, 2.05) is 6.92 Å². The van der Waals surface area contributed by atoms with Crippen LogP contribution in [-0.2, 0) is 9.47 Å². The zero-order chi connectivity index (χ0) is 20.7. The number of piperidine rings is 1. The monoisotopic (exact) mass is 420 g/mol. The smallest absolute Gasteiger partial charge is 0.376 e. The summed E-state index contributed by atoms with van der Waals surface area (Å²) in [6.45, 7) is 5.88. The fourth-order valence-corrected chi connectivity index (χ4v) is 4.33. The summed E-state index contributed by atoms with van der Waals surface area (Å²) in [7, 11) is 0. The molecule has 3 heterocycles. The van der Waals surface area contributed by atoms with Crippen molar-refractivity contribution in [3.63, 3.8) is 0 Å². The van der Waals surface area contributed by atoms with Crippen LogP contribution in [0.3, 0.4) is 0 Å². The highest BCUT2D eigenvalue weighted by atomic mass is 19.4. The lowest BCUT2D eigenvalue weighted by atomic mass is 10.1. The van der Waals surface area contributed by atoms with Gasteiger partial charge in [-0.05, 0) is 45.4 Å². The van der Waals surface area contributed by atoms with Crippen LogP contribution >= 0.6 is 0 Å². The Morgan fingerprint density at radius 1 is 1.14 bits per heavy atom. The maximum absolute atomic E-state index is 12.6. The molecule has 0 aliphatic carbocycles. The first kappa shape index (κ1) is 22.6. The molecule has 0 saturated carbocycles. The SMILES string of the molecule is CCN=C(NC1CCN(CC(F)(F)F)C1)N1CCC(OCC2CCCCO2)CC1.